The highest BCUT2D eigenvalue weighted by atomic mass is 35.5. The molecule has 1 aliphatic heterocycles. The van der Waals surface area contributed by atoms with Crippen LogP contribution in [0.25, 0.3) is 0 Å². The fourth-order valence-corrected chi connectivity index (χ4v) is 3.68. The summed E-state index contributed by atoms with van der Waals surface area (Å²) in [7, 11) is 1.22. The maximum atomic E-state index is 12.6. The molecule has 3 rings (SSSR count). The first-order valence-corrected chi connectivity index (χ1v) is 10.5. The van der Waals surface area contributed by atoms with Gasteiger partial charge < -0.3 is 20.7 Å². The average molecular weight is 458 g/mol. The molecule has 3 atom stereocenters. The summed E-state index contributed by atoms with van der Waals surface area (Å²) in [5.74, 6) is -2.04. The monoisotopic (exact) mass is 457 g/mol. The van der Waals surface area contributed by atoms with Gasteiger partial charge in [0.1, 0.15) is 18.1 Å². The lowest BCUT2D eigenvalue weighted by Gasteiger charge is -2.29. The number of benzene rings is 2. The third kappa shape index (κ3) is 6.07. The summed E-state index contributed by atoms with van der Waals surface area (Å²) < 4.78 is 4.78. The second-order valence-corrected chi connectivity index (χ2v) is 7.86. The lowest BCUT2D eigenvalue weighted by atomic mass is 10.0. The van der Waals surface area contributed by atoms with E-state index in [4.69, 9.17) is 16.3 Å². The van der Waals surface area contributed by atoms with E-state index in [0.29, 0.717) is 17.0 Å². The molecule has 3 N–H and O–H groups in total. The molecule has 0 unspecified atom stereocenters. The molecule has 1 heterocycles. The highest BCUT2D eigenvalue weighted by Gasteiger charge is 2.35. The summed E-state index contributed by atoms with van der Waals surface area (Å²) in [6.45, 7) is 0. The molecule has 32 heavy (non-hydrogen) atoms. The molecule has 8 nitrogen and oxygen atoms in total. The number of halogens is 1. The first kappa shape index (κ1) is 23.3. The Hall–Kier alpha value is -3.39. The lowest BCUT2D eigenvalue weighted by Crippen LogP contribution is -2.63. The van der Waals surface area contributed by atoms with Crippen LogP contribution in [0.15, 0.2) is 54.6 Å². The van der Waals surface area contributed by atoms with Gasteiger partial charge in [0.05, 0.1) is 13.5 Å². The van der Waals surface area contributed by atoms with Crippen LogP contribution < -0.4 is 16.0 Å². The van der Waals surface area contributed by atoms with Crippen LogP contribution in [0.5, 0.6) is 0 Å². The molecule has 1 saturated heterocycles. The van der Waals surface area contributed by atoms with E-state index in [1.165, 1.54) is 7.11 Å². The first-order chi connectivity index (χ1) is 15.4. The van der Waals surface area contributed by atoms with E-state index in [1.807, 2.05) is 30.3 Å². The molecule has 0 spiro atoms. The second-order valence-electron chi connectivity index (χ2n) is 7.45. The van der Waals surface area contributed by atoms with Crippen molar-refractivity contribution < 1.29 is 23.9 Å². The molecule has 9 heteroatoms. The number of esters is 1. The largest absolute Gasteiger partial charge is 0.467 e. The average Bonchev–Trinajstić information content (AvgIpc) is 2.78. The number of carbonyl (C=O) groups excluding carboxylic acids is 4. The molecule has 0 radical (unpaired) electrons. The van der Waals surface area contributed by atoms with Crippen molar-refractivity contribution in [1.82, 2.24) is 16.0 Å². The maximum Gasteiger partial charge on any atom is 0.328 e. The molecule has 0 bridgehead atoms. The van der Waals surface area contributed by atoms with Crippen LogP contribution in [0.3, 0.4) is 0 Å². The van der Waals surface area contributed by atoms with Crippen LogP contribution in [-0.2, 0) is 36.8 Å². The number of amides is 3. The molecule has 0 aliphatic carbocycles. The quantitative estimate of drug-likeness (QED) is 0.515. The van der Waals surface area contributed by atoms with E-state index in [0.717, 1.165) is 5.56 Å². The number of methoxy groups -OCH3 is 1. The van der Waals surface area contributed by atoms with Gasteiger partial charge >= 0.3 is 5.97 Å². The third-order valence-corrected chi connectivity index (χ3v) is 5.51. The molecular weight excluding hydrogens is 434 g/mol. The van der Waals surface area contributed by atoms with Gasteiger partial charge in [0.15, 0.2) is 0 Å². The van der Waals surface area contributed by atoms with E-state index < -0.39 is 35.9 Å². The Balaban J connectivity index is 1.59. The number of ether oxygens (including phenoxy) is 1. The summed E-state index contributed by atoms with van der Waals surface area (Å²) in [5, 5.41) is 8.29. The summed E-state index contributed by atoms with van der Waals surface area (Å²) in [4.78, 5) is 49.6. The Morgan fingerprint density at radius 2 is 1.62 bits per heavy atom. The predicted octanol–water partition coefficient (Wildman–Crippen LogP) is 1.16. The fourth-order valence-electron chi connectivity index (χ4n) is 3.47. The van der Waals surface area contributed by atoms with Crippen molar-refractivity contribution in [2.45, 2.75) is 37.4 Å². The normalized spacial score (nSPS) is 18.8. The van der Waals surface area contributed by atoms with Crippen molar-refractivity contribution in [3.8, 4) is 0 Å². The van der Waals surface area contributed by atoms with Gasteiger partial charge in [0.2, 0.25) is 17.7 Å². The molecule has 1 fully saturated rings. The van der Waals surface area contributed by atoms with Gasteiger partial charge in [-0.2, -0.15) is 0 Å². The van der Waals surface area contributed by atoms with Gasteiger partial charge in [0, 0.05) is 17.9 Å². The van der Waals surface area contributed by atoms with E-state index in [2.05, 4.69) is 16.0 Å². The zero-order chi connectivity index (χ0) is 23.1. The van der Waals surface area contributed by atoms with Crippen LogP contribution in [0.4, 0.5) is 0 Å². The number of piperazine rings is 1. The van der Waals surface area contributed by atoms with Crippen molar-refractivity contribution in [1.29, 1.82) is 0 Å². The molecule has 0 aromatic heterocycles. The van der Waals surface area contributed by atoms with Crippen LogP contribution in [0.1, 0.15) is 17.5 Å². The second kappa shape index (κ2) is 10.8. The highest BCUT2D eigenvalue weighted by Crippen LogP contribution is 2.17. The van der Waals surface area contributed by atoms with E-state index >= 15 is 0 Å². The Labute approximate surface area is 190 Å². The summed E-state index contributed by atoms with van der Waals surface area (Å²) in [5.41, 5.74) is 1.57. The lowest BCUT2D eigenvalue weighted by molar-refractivity contribution is -0.145. The predicted molar refractivity (Wildman–Crippen MR) is 118 cm³/mol. The van der Waals surface area contributed by atoms with Gasteiger partial charge in [-0.15, -0.1) is 0 Å². The van der Waals surface area contributed by atoms with Gasteiger partial charge in [-0.25, -0.2) is 4.79 Å². The third-order valence-electron chi connectivity index (χ3n) is 5.14. The molecule has 3 amide bonds. The number of hydrogen-bond donors (Lipinski definition) is 3. The number of hydrogen-bond acceptors (Lipinski definition) is 5. The standard InChI is InChI=1S/C23H24ClN3O5/c1-32-23(31)19(12-15-9-5-6-10-16(15)24)25-20(28)13-18-22(30)26-17(21(29)27-18)11-14-7-3-2-4-8-14/h2-10,17-19H,11-13H2,1H3,(H,25,28)(H,26,30)(H,27,29)/t17-,18-,19-/m0/s1. The SMILES string of the molecule is COC(=O)[C@H](Cc1ccccc1Cl)NC(=O)C[C@@H]1NC(=O)[C@H](Cc2ccccc2)NC1=O. The summed E-state index contributed by atoms with van der Waals surface area (Å²) >= 11 is 6.15. The zero-order valence-electron chi connectivity index (χ0n) is 17.5. The summed E-state index contributed by atoms with van der Waals surface area (Å²) in [6, 6.07) is 13.5. The first-order valence-electron chi connectivity index (χ1n) is 10.1. The van der Waals surface area contributed by atoms with Gasteiger partial charge in [0.25, 0.3) is 0 Å². The minimum atomic E-state index is -1.03. The zero-order valence-corrected chi connectivity index (χ0v) is 18.2. The van der Waals surface area contributed by atoms with Crippen molar-refractivity contribution in [2.75, 3.05) is 7.11 Å². The topological polar surface area (TPSA) is 114 Å². The van der Waals surface area contributed by atoms with E-state index in [-0.39, 0.29) is 18.7 Å². The molecule has 168 valence electrons. The molecule has 1 aliphatic rings. The van der Waals surface area contributed by atoms with Gasteiger partial charge in [-0.1, -0.05) is 60.1 Å². The van der Waals surface area contributed by atoms with Crippen LogP contribution in [0, 0.1) is 0 Å². The Bertz CT molecular complexity index is 998. The molecular formula is C23H24ClN3O5. The van der Waals surface area contributed by atoms with Crippen molar-refractivity contribution in [3.63, 3.8) is 0 Å². The van der Waals surface area contributed by atoms with Gasteiger partial charge in [-0.05, 0) is 17.2 Å². The Morgan fingerprint density at radius 3 is 2.31 bits per heavy atom. The fraction of sp³-hybridized carbons (Fsp3) is 0.304. The smallest absolute Gasteiger partial charge is 0.328 e. The van der Waals surface area contributed by atoms with E-state index in [9.17, 15) is 19.2 Å². The molecule has 0 saturated carbocycles. The van der Waals surface area contributed by atoms with Gasteiger partial charge in [-0.3, -0.25) is 14.4 Å². The molecule has 2 aromatic carbocycles. The van der Waals surface area contributed by atoms with Crippen molar-refractivity contribution >= 4 is 35.3 Å². The van der Waals surface area contributed by atoms with Crippen LogP contribution >= 0.6 is 11.6 Å². The van der Waals surface area contributed by atoms with Crippen molar-refractivity contribution in [3.05, 3.63) is 70.7 Å². The minimum absolute atomic E-state index is 0.125. The maximum absolute atomic E-state index is 12.6. The Kier molecular flexibility index (Phi) is 7.83. The van der Waals surface area contributed by atoms with Crippen molar-refractivity contribution in [2.24, 2.45) is 0 Å². The Morgan fingerprint density at radius 1 is 1.00 bits per heavy atom. The molecule has 2 aromatic rings. The van der Waals surface area contributed by atoms with Crippen LogP contribution in [0.2, 0.25) is 5.02 Å². The summed E-state index contributed by atoms with van der Waals surface area (Å²) in [6.07, 6.45) is 0.158. The van der Waals surface area contributed by atoms with Crippen LogP contribution in [-0.4, -0.2) is 48.9 Å². The van der Waals surface area contributed by atoms with E-state index in [1.54, 1.807) is 24.3 Å². The number of nitrogens with one attached hydrogen (secondary N) is 3. The highest BCUT2D eigenvalue weighted by molar-refractivity contribution is 6.31. The number of rotatable bonds is 8. The minimum Gasteiger partial charge on any atom is -0.467 e. The number of carbonyl (C=O) groups is 4.